The van der Waals surface area contributed by atoms with Gasteiger partial charge in [0.15, 0.2) is 0 Å². The van der Waals surface area contributed by atoms with Crippen LogP contribution in [0, 0.1) is 11.2 Å². The van der Waals surface area contributed by atoms with Crippen LogP contribution in [0.2, 0.25) is 0 Å². The Labute approximate surface area is 120 Å². The van der Waals surface area contributed by atoms with Crippen molar-refractivity contribution in [1.82, 2.24) is 0 Å². The van der Waals surface area contributed by atoms with E-state index in [0.717, 1.165) is 5.56 Å². The van der Waals surface area contributed by atoms with Crippen LogP contribution >= 0.6 is 0 Å². The fourth-order valence-electron chi connectivity index (χ4n) is 2.18. The molecule has 0 fully saturated rings. The number of para-hydroxylation sites is 1. The zero-order chi connectivity index (χ0) is 14.8. The highest BCUT2D eigenvalue weighted by Gasteiger charge is 2.25. The molecule has 0 bridgehead atoms. The highest BCUT2D eigenvalue weighted by molar-refractivity contribution is 6.54. The maximum atomic E-state index is 12.8. The number of hydrogen-bond donors (Lipinski definition) is 2. The van der Waals surface area contributed by atoms with Crippen molar-refractivity contribution in [3.8, 4) is 0 Å². The van der Waals surface area contributed by atoms with E-state index in [-0.39, 0.29) is 29.7 Å². The summed E-state index contributed by atoms with van der Waals surface area (Å²) >= 11 is 0. The molecular weight excluding hydrogens is 269 g/mol. The molecule has 0 spiro atoms. The monoisotopic (exact) mass is 281 g/mol. The third-order valence-electron chi connectivity index (χ3n) is 3.18. The van der Waals surface area contributed by atoms with E-state index in [1.165, 1.54) is 12.1 Å². The van der Waals surface area contributed by atoms with Crippen molar-refractivity contribution in [2.45, 2.75) is 6.42 Å². The number of aliphatic imine (C=N–C) groups is 1. The van der Waals surface area contributed by atoms with Crippen LogP contribution in [-0.2, 0) is 11.2 Å². The molecule has 104 valence electrons. The topological polar surface area (TPSA) is 65.3 Å². The lowest BCUT2D eigenvalue weighted by Gasteiger charge is -2.01. The Kier molecular flexibility index (Phi) is 3.31. The maximum absolute atomic E-state index is 12.8. The first-order valence-electron chi connectivity index (χ1n) is 6.45. The first-order valence-corrected chi connectivity index (χ1v) is 6.45. The Hall–Kier alpha value is -2.82. The van der Waals surface area contributed by atoms with Crippen LogP contribution in [0.15, 0.2) is 53.5 Å². The van der Waals surface area contributed by atoms with Gasteiger partial charge in [-0.3, -0.25) is 10.2 Å². The van der Waals surface area contributed by atoms with Crippen LogP contribution < -0.4 is 5.32 Å². The molecule has 0 saturated carbocycles. The number of amides is 1. The van der Waals surface area contributed by atoms with Crippen molar-refractivity contribution in [1.29, 1.82) is 5.41 Å². The molecule has 1 aliphatic heterocycles. The average Bonchev–Trinajstić information content (AvgIpc) is 2.78. The Morgan fingerprint density at radius 1 is 1.14 bits per heavy atom. The Bertz CT molecular complexity index is 750. The maximum Gasteiger partial charge on any atom is 0.275 e. The molecule has 0 atom stereocenters. The van der Waals surface area contributed by atoms with Gasteiger partial charge >= 0.3 is 0 Å². The molecule has 5 heteroatoms. The average molecular weight is 281 g/mol. The van der Waals surface area contributed by atoms with E-state index in [1.807, 2.05) is 12.1 Å². The van der Waals surface area contributed by atoms with Crippen molar-refractivity contribution in [2.75, 3.05) is 5.32 Å². The molecule has 0 aromatic heterocycles. The number of benzene rings is 2. The minimum Gasteiger partial charge on any atom is -0.320 e. The van der Waals surface area contributed by atoms with E-state index in [4.69, 9.17) is 5.41 Å². The van der Waals surface area contributed by atoms with Gasteiger partial charge in [0.05, 0.1) is 5.69 Å². The molecular formula is C16H12FN3O. The van der Waals surface area contributed by atoms with Gasteiger partial charge in [-0.1, -0.05) is 30.3 Å². The number of rotatable bonds is 2. The Morgan fingerprint density at radius 3 is 2.62 bits per heavy atom. The molecule has 2 aromatic carbocycles. The molecule has 1 amide bonds. The molecule has 0 radical (unpaired) electrons. The molecule has 0 saturated heterocycles. The van der Waals surface area contributed by atoms with E-state index in [9.17, 15) is 9.18 Å². The van der Waals surface area contributed by atoms with E-state index < -0.39 is 0 Å². The number of amidine groups is 1. The number of halogens is 1. The van der Waals surface area contributed by atoms with Crippen molar-refractivity contribution in [3.05, 3.63) is 65.5 Å². The SMILES string of the molecule is N=C(Cc1ccc(F)cc1)N=C1C(=O)Nc2ccccc21. The third-order valence-corrected chi connectivity index (χ3v) is 3.18. The van der Waals surface area contributed by atoms with Crippen molar-refractivity contribution < 1.29 is 9.18 Å². The van der Waals surface area contributed by atoms with Crippen molar-refractivity contribution in [2.24, 2.45) is 4.99 Å². The first kappa shape index (κ1) is 13.2. The van der Waals surface area contributed by atoms with Gasteiger partial charge in [-0.25, -0.2) is 9.38 Å². The minimum atomic E-state index is -0.319. The second-order valence-corrected chi connectivity index (χ2v) is 4.71. The fourth-order valence-corrected chi connectivity index (χ4v) is 2.18. The number of nitrogens with zero attached hydrogens (tertiary/aromatic N) is 1. The van der Waals surface area contributed by atoms with Gasteiger partial charge in [0.2, 0.25) is 0 Å². The number of nitrogens with one attached hydrogen (secondary N) is 2. The van der Waals surface area contributed by atoms with Crippen LogP contribution in [0.1, 0.15) is 11.1 Å². The largest absolute Gasteiger partial charge is 0.320 e. The van der Waals surface area contributed by atoms with Crippen LogP contribution in [0.25, 0.3) is 0 Å². The highest BCUT2D eigenvalue weighted by Crippen LogP contribution is 2.22. The summed E-state index contributed by atoms with van der Waals surface area (Å²) in [6.07, 6.45) is 0.249. The second-order valence-electron chi connectivity index (χ2n) is 4.71. The van der Waals surface area contributed by atoms with Gasteiger partial charge in [0, 0.05) is 12.0 Å². The summed E-state index contributed by atoms with van der Waals surface area (Å²) in [7, 11) is 0. The number of carbonyl (C=O) groups is 1. The second kappa shape index (κ2) is 5.28. The molecule has 21 heavy (non-hydrogen) atoms. The standard InChI is InChI=1S/C16H12FN3O/c17-11-7-5-10(6-8-11)9-14(18)20-15-12-3-1-2-4-13(12)19-16(15)21/h1-8H,9H2,(H2,18,19,20,21). The molecule has 2 N–H and O–H groups in total. The minimum absolute atomic E-state index is 0.0588. The summed E-state index contributed by atoms with van der Waals surface area (Å²) in [4.78, 5) is 16.0. The lowest BCUT2D eigenvalue weighted by molar-refractivity contribution is -0.110. The summed E-state index contributed by atoms with van der Waals surface area (Å²) < 4.78 is 12.8. The summed E-state index contributed by atoms with van der Waals surface area (Å²) in [6.45, 7) is 0. The lowest BCUT2D eigenvalue weighted by atomic mass is 10.1. The lowest BCUT2D eigenvalue weighted by Crippen LogP contribution is -2.16. The zero-order valence-electron chi connectivity index (χ0n) is 11.1. The summed E-state index contributed by atoms with van der Waals surface area (Å²) in [5, 5.41) is 10.6. The van der Waals surface area contributed by atoms with Gasteiger partial charge in [-0.05, 0) is 23.8 Å². The molecule has 0 aliphatic carbocycles. The van der Waals surface area contributed by atoms with Crippen LogP contribution in [0.4, 0.5) is 10.1 Å². The van der Waals surface area contributed by atoms with Gasteiger partial charge in [-0.2, -0.15) is 0 Å². The van der Waals surface area contributed by atoms with Gasteiger partial charge < -0.3 is 5.32 Å². The number of carbonyl (C=O) groups excluding carboxylic acids is 1. The van der Waals surface area contributed by atoms with Crippen LogP contribution in [-0.4, -0.2) is 17.5 Å². The van der Waals surface area contributed by atoms with Crippen molar-refractivity contribution >= 4 is 23.1 Å². The molecule has 1 heterocycles. The third kappa shape index (κ3) is 2.72. The number of fused-ring (bicyclic) bond motifs is 1. The highest BCUT2D eigenvalue weighted by atomic mass is 19.1. The predicted molar refractivity (Wildman–Crippen MR) is 79.4 cm³/mol. The predicted octanol–water partition coefficient (Wildman–Crippen LogP) is 2.79. The van der Waals surface area contributed by atoms with E-state index in [2.05, 4.69) is 10.3 Å². The number of hydrogen-bond acceptors (Lipinski definition) is 2. The van der Waals surface area contributed by atoms with E-state index >= 15 is 0 Å². The van der Waals surface area contributed by atoms with Crippen LogP contribution in [0.5, 0.6) is 0 Å². The molecule has 3 rings (SSSR count). The molecule has 1 aliphatic rings. The van der Waals surface area contributed by atoms with Crippen LogP contribution in [0.3, 0.4) is 0 Å². The Morgan fingerprint density at radius 2 is 1.86 bits per heavy atom. The van der Waals surface area contributed by atoms with E-state index in [1.54, 1.807) is 24.3 Å². The summed E-state index contributed by atoms with van der Waals surface area (Å²) in [5.41, 5.74) is 2.43. The van der Waals surface area contributed by atoms with Crippen molar-refractivity contribution in [3.63, 3.8) is 0 Å². The van der Waals surface area contributed by atoms with E-state index in [0.29, 0.717) is 11.3 Å². The smallest absolute Gasteiger partial charge is 0.275 e. The first-order chi connectivity index (χ1) is 10.1. The van der Waals surface area contributed by atoms with Gasteiger partial charge in [0.1, 0.15) is 17.4 Å². The summed E-state index contributed by atoms with van der Waals surface area (Å²) in [5.74, 6) is -0.566. The normalized spacial score (nSPS) is 14.9. The quantitative estimate of drug-likeness (QED) is 0.645. The molecule has 4 nitrogen and oxygen atoms in total. The summed E-state index contributed by atoms with van der Waals surface area (Å²) in [6, 6.07) is 13.1. The zero-order valence-corrected chi connectivity index (χ0v) is 11.1. The van der Waals surface area contributed by atoms with Gasteiger partial charge in [-0.15, -0.1) is 0 Å². The molecule has 2 aromatic rings. The van der Waals surface area contributed by atoms with Gasteiger partial charge in [0.25, 0.3) is 5.91 Å². The Balaban J connectivity index is 1.83. The fraction of sp³-hybridized carbons (Fsp3) is 0.0625. The molecule has 0 unspecified atom stereocenters. The number of anilines is 1.